The van der Waals surface area contributed by atoms with E-state index in [0.717, 1.165) is 30.8 Å². The quantitative estimate of drug-likeness (QED) is 0.378. The topological polar surface area (TPSA) is 86.3 Å². The fourth-order valence-electron chi connectivity index (χ4n) is 3.48. The molecular weight excluding hydrogens is 448 g/mol. The second kappa shape index (κ2) is 13.4. The smallest absolute Gasteiger partial charge is 0.331 e. The van der Waals surface area contributed by atoms with E-state index in [1.807, 2.05) is 50.2 Å². The molecular formula is C27H34N2O6. The highest BCUT2D eigenvalue weighted by atomic mass is 16.5. The van der Waals surface area contributed by atoms with E-state index in [0.29, 0.717) is 43.6 Å². The molecule has 1 heterocycles. The molecule has 0 aromatic heterocycles. The Morgan fingerprint density at radius 1 is 1.06 bits per heavy atom. The van der Waals surface area contributed by atoms with Crippen LogP contribution in [0.15, 0.2) is 48.5 Å². The van der Waals surface area contributed by atoms with E-state index in [4.69, 9.17) is 18.9 Å². The van der Waals surface area contributed by atoms with Crippen LogP contribution in [0.2, 0.25) is 0 Å². The van der Waals surface area contributed by atoms with Crippen LogP contribution in [0, 0.1) is 0 Å². The fourth-order valence-corrected chi connectivity index (χ4v) is 3.48. The number of rotatable bonds is 11. The number of amides is 1. The third-order valence-corrected chi connectivity index (χ3v) is 5.31. The Morgan fingerprint density at radius 3 is 2.49 bits per heavy atom. The molecule has 0 spiro atoms. The van der Waals surface area contributed by atoms with Crippen LogP contribution in [-0.4, -0.2) is 57.5 Å². The van der Waals surface area contributed by atoms with Crippen molar-refractivity contribution in [1.29, 1.82) is 0 Å². The minimum Gasteiger partial charge on any atom is -0.490 e. The Bertz CT molecular complexity index is 999. The summed E-state index contributed by atoms with van der Waals surface area (Å²) >= 11 is 0. The van der Waals surface area contributed by atoms with Gasteiger partial charge in [-0.3, -0.25) is 4.79 Å². The van der Waals surface area contributed by atoms with Crippen LogP contribution >= 0.6 is 0 Å². The zero-order valence-electron chi connectivity index (χ0n) is 20.6. The Morgan fingerprint density at radius 2 is 1.80 bits per heavy atom. The van der Waals surface area contributed by atoms with E-state index < -0.39 is 18.0 Å². The zero-order valence-corrected chi connectivity index (χ0v) is 20.6. The molecule has 1 unspecified atom stereocenters. The molecule has 35 heavy (non-hydrogen) atoms. The van der Waals surface area contributed by atoms with Crippen molar-refractivity contribution in [2.24, 2.45) is 0 Å². The summed E-state index contributed by atoms with van der Waals surface area (Å²) in [6.07, 6.45) is 2.85. The second-order valence-corrected chi connectivity index (χ2v) is 8.04. The molecule has 0 radical (unpaired) electrons. The number of nitrogens with one attached hydrogen (secondary N) is 1. The lowest BCUT2D eigenvalue weighted by Gasteiger charge is -2.28. The second-order valence-electron chi connectivity index (χ2n) is 8.04. The predicted molar refractivity (Wildman–Crippen MR) is 136 cm³/mol. The van der Waals surface area contributed by atoms with E-state index in [-0.39, 0.29) is 0 Å². The summed E-state index contributed by atoms with van der Waals surface area (Å²) in [5, 5.41) is 2.78. The molecule has 1 fully saturated rings. The molecule has 1 aliphatic heterocycles. The summed E-state index contributed by atoms with van der Waals surface area (Å²) in [5.41, 5.74) is 2.47. The minimum absolute atomic E-state index is 0.401. The molecule has 0 saturated carbocycles. The van der Waals surface area contributed by atoms with Crippen LogP contribution in [0.1, 0.15) is 32.8 Å². The van der Waals surface area contributed by atoms with E-state index in [1.54, 1.807) is 12.1 Å². The number of hydrogen-bond acceptors (Lipinski definition) is 7. The Hall–Kier alpha value is -3.52. The summed E-state index contributed by atoms with van der Waals surface area (Å²) in [5.74, 6) is 0.266. The molecule has 1 amide bonds. The van der Waals surface area contributed by atoms with Gasteiger partial charge < -0.3 is 29.2 Å². The first-order chi connectivity index (χ1) is 17.0. The molecule has 0 aliphatic carbocycles. The monoisotopic (exact) mass is 482 g/mol. The lowest BCUT2D eigenvalue weighted by atomic mass is 10.2. The lowest BCUT2D eigenvalue weighted by Crippen LogP contribution is -2.36. The summed E-state index contributed by atoms with van der Waals surface area (Å²) in [4.78, 5) is 27.0. The Balaban J connectivity index is 1.51. The molecule has 2 aromatic carbocycles. The van der Waals surface area contributed by atoms with Crippen molar-refractivity contribution in [1.82, 2.24) is 0 Å². The highest BCUT2D eigenvalue weighted by molar-refractivity contribution is 5.96. The summed E-state index contributed by atoms with van der Waals surface area (Å²) in [7, 11) is 0. The molecule has 188 valence electrons. The van der Waals surface area contributed by atoms with Gasteiger partial charge in [0, 0.05) is 30.5 Å². The molecule has 1 atom stereocenters. The van der Waals surface area contributed by atoms with E-state index in [1.165, 1.54) is 13.0 Å². The number of carbonyl (C=O) groups excluding carboxylic acids is 2. The number of morpholine rings is 1. The van der Waals surface area contributed by atoms with Crippen LogP contribution < -0.4 is 19.7 Å². The van der Waals surface area contributed by atoms with Gasteiger partial charge in [-0.1, -0.05) is 13.0 Å². The molecule has 3 rings (SSSR count). The van der Waals surface area contributed by atoms with Gasteiger partial charge in [-0.2, -0.15) is 0 Å². The number of anilines is 2. The molecule has 2 aromatic rings. The van der Waals surface area contributed by atoms with Crippen molar-refractivity contribution in [3.8, 4) is 11.5 Å². The number of hydrogen-bond donors (Lipinski definition) is 1. The highest BCUT2D eigenvalue weighted by Gasteiger charge is 2.17. The van der Waals surface area contributed by atoms with Crippen molar-refractivity contribution < 1.29 is 28.5 Å². The first-order valence-corrected chi connectivity index (χ1v) is 12.0. The van der Waals surface area contributed by atoms with Gasteiger partial charge in [-0.15, -0.1) is 0 Å². The SMILES string of the molecule is CCCOc1ccc(/C=C/C(=O)OC(C)C(=O)Nc2ccc(N3CCOCC3)cc2)cc1OCC. The molecule has 1 aliphatic rings. The first-order valence-electron chi connectivity index (χ1n) is 12.0. The average Bonchev–Trinajstić information content (AvgIpc) is 2.88. The van der Waals surface area contributed by atoms with Crippen molar-refractivity contribution in [2.75, 3.05) is 49.7 Å². The van der Waals surface area contributed by atoms with Crippen molar-refractivity contribution in [2.45, 2.75) is 33.3 Å². The maximum absolute atomic E-state index is 12.5. The standard InChI is InChI=1S/C27H34N2O6/c1-4-16-34-24-12-6-21(19-25(24)33-5-2)7-13-26(30)35-20(3)27(31)28-22-8-10-23(11-9-22)29-14-17-32-18-15-29/h6-13,19-20H,4-5,14-18H2,1-3H3,(H,28,31)/b13-7+. The molecule has 8 nitrogen and oxygen atoms in total. The maximum Gasteiger partial charge on any atom is 0.331 e. The van der Waals surface area contributed by atoms with Crippen molar-refractivity contribution in [3.63, 3.8) is 0 Å². The minimum atomic E-state index is -0.949. The molecule has 8 heteroatoms. The van der Waals surface area contributed by atoms with Gasteiger partial charge in [-0.25, -0.2) is 4.79 Å². The molecule has 1 N–H and O–H groups in total. The van der Waals surface area contributed by atoms with Crippen LogP contribution in [0.3, 0.4) is 0 Å². The van der Waals surface area contributed by atoms with Crippen LogP contribution in [0.5, 0.6) is 11.5 Å². The average molecular weight is 483 g/mol. The van der Waals surface area contributed by atoms with Gasteiger partial charge in [0.25, 0.3) is 5.91 Å². The summed E-state index contributed by atoms with van der Waals surface area (Å²) in [6, 6.07) is 13.0. The number of esters is 1. The fraction of sp³-hybridized carbons (Fsp3) is 0.407. The summed E-state index contributed by atoms with van der Waals surface area (Å²) < 4.78 is 22.0. The molecule has 0 bridgehead atoms. The number of benzene rings is 2. The van der Waals surface area contributed by atoms with Gasteiger partial charge in [0.05, 0.1) is 26.4 Å². The van der Waals surface area contributed by atoms with E-state index >= 15 is 0 Å². The van der Waals surface area contributed by atoms with Gasteiger partial charge >= 0.3 is 5.97 Å². The Labute approximate surface area is 206 Å². The van der Waals surface area contributed by atoms with Crippen molar-refractivity contribution in [3.05, 3.63) is 54.1 Å². The van der Waals surface area contributed by atoms with Crippen LogP contribution in [-0.2, 0) is 19.1 Å². The third kappa shape index (κ3) is 8.03. The zero-order chi connectivity index (χ0) is 25.0. The van der Waals surface area contributed by atoms with Crippen LogP contribution in [0.25, 0.3) is 6.08 Å². The van der Waals surface area contributed by atoms with Gasteiger partial charge in [0.1, 0.15) is 0 Å². The van der Waals surface area contributed by atoms with E-state index in [2.05, 4.69) is 10.2 Å². The third-order valence-electron chi connectivity index (χ3n) is 5.31. The molecule has 1 saturated heterocycles. The number of nitrogens with zero attached hydrogens (tertiary/aromatic N) is 1. The van der Waals surface area contributed by atoms with Crippen molar-refractivity contribution >= 4 is 29.3 Å². The number of carbonyl (C=O) groups is 2. The number of ether oxygens (including phenoxy) is 4. The van der Waals surface area contributed by atoms with E-state index in [9.17, 15) is 9.59 Å². The normalized spacial score (nSPS) is 14.4. The van der Waals surface area contributed by atoms with Crippen LogP contribution in [0.4, 0.5) is 11.4 Å². The van der Waals surface area contributed by atoms with Gasteiger partial charge in [0.2, 0.25) is 0 Å². The lowest BCUT2D eigenvalue weighted by molar-refractivity contribution is -0.148. The maximum atomic E-state index is 12.5. The first kappa shape index (κ1) is 26.1. The predicted octanol–water partition coefficient (Wildman–Crippen LogP) is 4.29. The van der Waals surface area contributed by atoms with Gasteiger partial charge in [0.15, 0.2) is 17.6 Å². The summed E-state index contributed by atoms with van der Waals surface area (Å²) in [6.45, 7) is 9.67. The van der Waals surface area contributed by atoms with Gasteiger partial charge in [-0.05, 0) is 68.3 Å². The largest absolute Gasteiger partial charge is 0.490 e. The Kier molecular flexibility index (Phi) is 9.98. The highest BCUT2D eigenvalue weighted by Crippen LogP contribution is 2.29.